The van der Waals surface area contributed by atoms with Crippen molar-refractivity contribution in [1.82, 2.24) is 9.97 Å². The van der Waals surface area contributed by atoms with Gasteiger partial charge in [-0.2, -0.15) is 0 Å². The van der Waals surface area contributed by atoms with Crippen LogP contribution >= 0.6 is 35.6 Å². The van der Waals surface area contributed by atoms with Crippen molar-refractivity contribution < 1.29 is 8.78 Å². The van der Waals surface area contributed by atoms with Crippen LogP contribution in [0.2, 0.25) is 0 Å². The van der Waals surface area contributed by atoms with Crippen molar-refractivity contribution in [3.8, 4) is 0 Å². The fourth-order valence-corrected chi connectivity index (χ4v) is 1.05. The van der Waals surface area contributed by atoms with Gasteiger partial charge in [-0.1, -0.05) is 0 Å². The lowest BCUT2D eigenvalue weighted by Gasteiger charge is -1.91. The second-order valence-corrected chi connectivity index (χ2v) is 4.25. The van der Waals surface area contributed by atoms with Crippen molar-refractivity contribution in [2.45, 2.75) is 13.1 Å². The largest absolute Gasteiger partial charge is 0.325 e. The first-order valence-electron chi connectivity index (χ1n) is 5.80. The predicted octanol–water partition coefficient (Wildman–Crippen LogP) is 3.20. The van der Waals surface area contributed by atoms with Crippen molar-refractivity contribution in [2.75, 3.05) is 5.34 Å². The zero-order chi connectivity index (χ0) is 16.1. The Morgan fingerprint density at radius 1 is 0.818 bits per heavy atom. The Balaban J connectivity index is 0. The Labute approximate surface area is 144 Å². The third kappa shape index (κ3) is 11.6. The maximum atomic E-state index is 12.1. The molecule has 2 aromatic heterocycles. The Kier molecular flexibility index (Phi) is 15.7. The number of halogens is 5. The molecule has 2 aromatic rings. The minimum atomic E-state index is -0.327. The molecule has 0 amide bonds. The lowest BCUT2D eigenvalue weighted by molar-refractivity contribution is 0.619. The average Bonchev–Trinajstić information content (AvgIpc) is 2.50. The van der Waals surface area contributed by atoms with E-state index in [2.05, 4.69) is 9.97 Å². The SMILES string of the molecule is Cl.ClCCl.NCc1ccc(F)cn1.NCc1ccc(F)cn1. The first-order valence-corrected chi connectivity index (χ1v) is 6.87. The molecule has 4 N–H and O–H groups in total. The molecule has 0 saturated heterocycles. The van der Waals surface area contributed by atoms with Crippen molar-refractivity contribution in [2.24, 2.45) is 11.5 Å². The summed E-state index contributed by atoms with van der Waals surface area (Å²) in [4.78, 5) is 7.39. The van der Waals surface area contributed by atoms with E-state index in [1.165, 1.54) is 12.1 Å². The Morgan fingerprint density at radius 3 is 1.32 bits per heavy atom. The van der Waals surface area contributed by atoms with E-state index >= 15 is 0 Å². The van der Waals surface area contributed by atoms with E-state index in [9.17, 15) is 8.78 Å². The van der Waals surface area contributed by atoms with Crippen LogP contribution in [-0.4, -0.2) is 15.3 Å². The zero-order valence-electron chi connectivity index (χ0n) is 11.6. The highest BCUT2D eigenvalue weighted by Gasteiger charge is 1.90. The molecule has 0 saturated carbocycles. The summed E-state index contributed by atoms with van der Waals surface area (Å²) in [5.41, 5.74) is 11.8. The maximum absolute atomic E-state index is 12.1. The summed E-state index contributed by atoms with van der Waals surface area (Å²) in [7, 11) is 0. The summed E-state index contributed by atoms with van der Waals surface area (Å²) >= 11 is 9.53. The minimum Gasteiger partial charge on any atom is -0.325 e. The molecule has 0 radical (unpaired) electrons. The molecule has 0 bridgehead atoms. The summed E-state index contributed by atoms with van der Waals surface area (Å²) in [5, 5.41) is 0.194. The third-order valence-corrected chi connectivity index (χ3v) is 2.00. The van der Waals surface area contributed by atoms with Crippen LogP contribution in [0.3, 0.4) is 0 Å². The van der Waals surface area contributed by atoms with Crippen LogP contribution < -0.4 is 11.5 Å². The van der Waals surface area contributed by atoms with Gasteiger partial charge in [0.15, 0.2) is 0 Å². The fourth-order valence-electron chi connectivity index (χ4n) is 1.05. The van der Waals surface area contributed by atoms with Crippen LogP contribution in [0.1, 0.15) is 11.4 Å². The Bertz CT molecular complexity index is 438. The smallest absolute Gasteiger partial charge is 0.141 e. The minimum absolute atomic E-state index is 0. The summed E-state index contributed by atoms with van der Waals surface area (Å²) < 4.78 is 24.2. The number of pyridine rings is 2. The van der Waals surface area contributed by atoms with E-state index in [1.807, 2.05) is 0 Å². The van der Waals surface area contributed by atoms with E-state index in [-0.39, 0.29) is 29.4 Å². The van der Waals surface area contributed by atoms with Gasteiger partial charge in [0.05, 0.1) is 29.1 Å². The van der Waals surface area contributed by atoms with Crippen LogP contribution in [0.5, 0.6) is 0 Å². The van der Waals surface area contributed by atoms with Crippen LogP contribution in [0, 0.1) is 11.6 Å². The third-order valence-electron chi connectivity index (χ3n) is 2.00. The number of rotatable bonds is 2. The zero-order valence-corrected chi connectivity index (χ0v) is 13.9. The lowest BCUT2D eigenvalue weighted by atomic mass is 10.3. The summed E-state index contributed by atoms with van der Waals surface area (Å²) in [6, 6.07) is 5.81. The molecule has 9 heteroatoms. The molecule has 22 heavy (non-hydrogen) atoms. The van der Waals surface area contributed by atoms with Gasteiger partial charge in [0.1, 0.15) is 11.6 Å². The molecule has 0 aromatic carbocycles. The highest BCUT2D eigenvalue weighted by molar-refractivity contribution is 6.40. The molecule has 124 valence electrons. The number of aromatic nitrogens is 2. The van der Waals surface area contributed by atoms with Crippen molar-refractivity contribution in [3.05, 3.63) is 59.7 Å². The molecule has 0 aliphatic heterocycles. The monoisotopic (exact) mass is 372 g/mol. The summed E-state index contributed by atoms with van der Waals surface area (Å²) in [6.07, 6.45) is 2.31. The molecule has 0 aliphatic carbocycles. The molecule has 0 fully saturated rings. The topological polar surface area (TPSA) is 77.8 Å². The molecule has 0 spiro atoms. The molecule has 0 unspecified atom stereocenters. The first kappa shape index (κ1) is 23.2. The second-order valence-electron chi connectivity index (χ2n) is 3.44. The van der Waals surface area contributed by atoms with E-state index < -0.39 is 0 Å². The lowest BCUT2D eigenvalue weighted by Crippen LogP contribution is -1.98. The van der Waals surface area contributed by atoms with Crippen LogP contribution in [0.15, 0.2) is 36.7 Å². The average molecular weight is 374 g/mol. The van der Waals surface area contributed by atoms with E-state index in [0.29, 0.717) is 24.5 Å². The van der Waals surface area contributed by atoms with Gasteiger partial charge in [0.2, 0.25) is 0 Å². The van der Waals surface area contributed by atoms with Crippen LogP contribution in [0.25, 0.3) is 0 Å². The van der Waals surface area contributed by atoms with Crippen LogP contribution in [0.4, 0.5) is 8.78 Å². The Hall–Kier alpha value is -1.05. The standard InChI is InChI=1S/2C6H7FN2.CH2Cl2.ClH/c2*7-5-1-2-6(3-8)9-4-5;2-1-3;/h2*1-2,4H,3,8H2;1H2;1H. The fraction of sp³-hybridized carbons (Fsp3) is 0.231. The summed E-state index contributed by atoms with van der Waals surface area (Å²) in [5.74, 6) is -0.653. The number of nitrogens with zero attached hydrogens (tertiary/aromatic N) is 2. The number of hydrogen-bond donors (Lipinski definition) is 2. The number of nitrogens with two attached hydrogens (primary N) is 2. The molecule has 0 atom stereocenters. The Morgan fingerprint density at radius 2 is 1.14 bits per heavy atom. The molecule has 0 aliphatic rings. The van der Waals surface area contributed by atoms with Gasteiger partial charge in [-0.05, 0) is 24.3 Å². The molecular weight excluding hydrogens is 357 g/mol. The van der Waals surface area contributed by atoms with Gasteiger partial charge in [0, 0.05) is 13.1 Å². The van der Waals surface area contributed by atoms with E-state index in [1.54, 1.807) is 12.1 Å². The highest BCUT2D eigenvalue weighted by Crippen LogP contribution is 1.96. The van der Waals surface area contributed by atoms with E-state index in [0.717, 1.165) is 12.4 Å². The van der Waals surface area contributed by atoms with Gasteiger partial charge in [-0.15, -0.1) is 35.6 Å². The first-order chi connectivity index (χ1) is 10.1. The van der Waals surface area contributed by atoms with Gasteiger partial charge >= 0.3 is 0 Å². The molecule has 4 nitrogen and oxygen atoms in total. The summed E-state index contributed by atoms with van der Waals surface area (Å²) in [6.45, 7) is 0.723. The highest BCUT2D eigenvalue weighted by atomic mass is 35.5. The van der Waals surface area contributed by atoms with Gasteiger partial charge in [-0.25, -0.2) is 8.78 Å². The van der Waals surface area contributed by atoms with Crippen molar-refractivity contribution >= 4 is 35.6 Å². The quantitative estimate of drug-likeness (QED) is 0.792. The molecular formula is C13H17Cl3F2N4. The normalized spacial score (nSPS) is 8.64. The number of alkyl halides is 2. The second kappa shape index (κ2) is 14.9. The van der Waals surface area contributed by atoms with Crippen molar-refractivity contribution in [3.63, 3.8) is 0 Å². The molecule has 2 heterocycles. The maximum Gasteiger partial charge on any atom is 0.141 e. The van der Waals surface area contributed by atoms with Gasteiger partial charge in [0.25, 0.3) is 0 Å². The van der Waals surface area contributed by atoms with Gasteiger partial charge in [-0.3, -0.25) is 9.97 Å². The molecule has 2 rings (SSSR count). The van der Waals surface area contributed by atoms with Crippen molar-refractivity contribution in [1.29, 1.82) is 0 Å². The van der Waals surface area contributed by atoms with E-state index in [4.69, 9.17) is 34.7 Å². The van der Waals surface area contributed by atoms with Gasteiger partial charge < -0.3 is 11.5 Å². The van der Waals surface area contributed by atoms with Crippen LogP contribution in [-0.2, 0) is 13.1 Å². The predicted molar refractivity (Wildman–Crippen MR) is 88.0 cm³/mol. The number of hydrogen-bond acceptors (Lipinski definition) is 4.